The normalized spacial score (nSPS) is 12.7. The molecular formula is C11H22N4. The molecular weight excluding hydrogens is 188 g/mol. The third kappa shape index (κ3) is 4.83. The fourth-order valence-corrected chi connectivity index (χ4v) is 1.62. The van der Waals surface area contributed by atoms with E-state index in [1.54, 1.807) is 4.68 Å². The van der Waals surface area contributed by atoms with Gasteiger partial charge in [-0.05, 0) is 31.7 Å². The zero-order valence-electron chi connectivity index (χ0n) is 9.74. The van der Waals surface area contributed by atoms with Crippen LogP contribution in [0, 0.1) is 5.92 Å². The van der Waals surface area contributed by atoms with Crippen molar-refractivity contribution in [3.8, 4) is 0 Å². The average Bonchev–Trinajstić information content (AvgIpc) is 2.60. The maximum Gasteiger partial charge on any atom is 0.0726 e. The van der Waals surface area contributed by atoms with E-state index in [-0.39, 0.29) is 0 Å². The Kier molecular flexibility index (Phi) is 5.18. The van der Waals surface area contributed by atoms with Gasteiger partial charge in [-0.25, -0.2) is 0 Å². The lowest BCUT2D eigenvalue weighted by Gasteiger charge is -2.09. The third-order valence-corrected chi connectivity index (χ3v) is 2.57. The summed E-state index contributed by atoms with van der Waals surface area (Å²) >= 11 is 0. The van der Waals surface area contributed by atoms with Crippen molar-refractivity contribution in [1.29, 1.82) is 0 Å². The van der Waals surface area contributed by atoms with Crippen molar-refractivity contribution >= 4 is 5.69 Å². The van der Waals surface area contributed by atoms with Gasteiger partial charge in [0, 0.05) is 19.8 Å². The number of hydrogen-bond donors (Lipinski definition) is 2. The lowest BCUT2D eigenvalue weighted by Crippen LogP contribution is -2.08. The lowest BCUT2D eigenvalue weighted by molar-refractivity contribution is 0.488. The van der Waals surface area contributed by atoms with E-state index in [1.165, 1.54) is 12.8 Å². The summed E-state index contributed by atoms with van der Waals surface area (Å²) in [6.45, 7) is 4.08. The van der Waals surface area contributed by atoms with E-state index in [0.29, 0.717) is 0 Å². The summed E-state index contributed by atoms with van der Waals surface area (Å²) in [6.07, 6.45) is 7.40. The molecule has 15 heavy (non-hydrogen) atoms. The van der Waals surface area contributed by atoms with E-state index in [4.69, 9.17) is 5.73 Å². The van der Waals surface area contributed by atoms with Crippen LogP contribution >= 0.6 is 0 Å². The van der Waals surface area contributed by atoms with Crippen molar-refractivity contribution in [2.75, 3.05) is 18.4 Å². The highest BCUT2D eigenvalue weighted by molar-refractivity contribution is 5.37. The predicted octanol–water partition coefficient (Wildman–Crippen LogP) is 1.60. The maximum absolute atomic E-state index is 5.50. The number of rotatable bonds is 7. The van der Waals surface area contributed by atoms with Crippen LogP contribution in [0.15, 0.2) is 12.4 Å². The summed E-state index contributed by atoms with van der Waals surface area (Å²) in [4.78, 5) is 0. The van der Waals surface area contributed by atoms with Gasteiger partial charge in [0.1, 0.15) is 0 Å². The second-order valence-electron chi connectivity index (χ2n) is 4.15. The van der Waals surface area contributed by atoms with Gasteiger partial charge in [0.25, 0.3) is 0 Å². The molecule has 0 aromatic carbocycles. The minimum absolute atomic E-state index is 0.741. The SMILES string of the molecule is CC(CCN)CCCNc1cnn(C)c1. The first kappa shape index (κ1) is 12.0. The fraction of sp³-hybridized carbons (Fsp3) is 0.727. The van der Waals surface area contributed by atoms with Crippen LogP contribution in [0.3, 0.4) is 0 Å². The van der Waals surface area contributed by atoms with Crippen molar-refractivity contribution in [2.24, 2.45) is 18.7 Å². The quantitative estimate of drug-likeness (QED) is 0.672. The Labute approximate surface area is 91.8 Å². The van der Waals surface area contributed by atoms with Gasteiger partial charge >= 0.3 is 0 Å². The Hall–Kier alpha value is -1.03. The van der Waals surface area contributed by atoms with Gasteiger partial charge < -0.3 is 11.1 Å². The van der Waals surface area contributed by atoms with Crippen LogP contribution in [0.4, 0.5) is 5.69 Å². The molecule has 0 amide bonds. The molecule has 0 aliphatic heterocycles. The Balaban J connectivity index is 2.06. The van der Waals surface area contributed by atoms with Crippen LogP contribution in [-0.4, -0.2) is 22.9 Å². The summed E-state index contributed by atoms with van der Waals surface area (Å²) in [5, 5.41) is 7.45. The molecule has 1 aromatic heterocycles. The average molecular weight is 210 g/mol. The maximum atomic E-state index is 5.50. The summed E-state index contributed by atoms with van der Waals surface area (Å²) in [6, 6.07) is 0. The number of anilines is 1. The van der Waals surface area contributed by atoms with Gasteiger partial charge in [0.05, 0.1) is 11.9 Å². The first-order valence-electron chi connectivity index (χ1n) is 5.65. The summed E-state index contributed by atoms with van der Waals surface area (Å²) in [7, 11) is 1.93. The molecule has 1 heterocycles. The Morgan fingerprint density at radius 3 is 2.93 bits per heavy atom. The molecule has 0 radical (unpaired) electrons. The van der Waals surface area contributed by atoms with Crippen molar-refractivity contribution in [1.82, 2.24) is 9.78 Å². The molecule has 0 saturated carbocycles. The molecule has 86 valence electrons. The van der Waals surface area contributed by atoms with Gasteiger partial charge in [-0.3, -0.25) is 4.68 Å². The van der Waals surface area contributed by atoms with E-state index >= 15 is 0 Å². The zero-order chi connectivity index (χ0) is 11.1. The predicted molar refractivity (Wildman–Crippen MR) is 63.8 cm³/mol. The van der Waals surface area contributed by atoms with Crippen LogP contribution in [0.2, 0.25) is 0 Å². The van der Waals surface area contributed by atoms with Crippen LogP contribution < -0.4 is 11.1 Å². The van der Waals surface area contributed by atoms with Crippen LogP contribution in [0.25, 0.3) is 0 Å². The minimum Gasteiger partial charge on any atom is -0.383 e. The number of nitrogens with two attached hydrogens (primary N) is 1. The highest BCUT2D eigenvalue weighted by atomic mass is 15.3. The Morgan fingerprint density at radius 1 is 1.53 bits per heavy atom. The van der Waals surface area contributed by atoms with Gasteiger partial charge in [-0.15, -0.1) is 0 Å². The Morgan fingerprint density at radius 2 is 2.33 bits per heavy atom. The molecule has 0 saturated heterocycles. The van der Waals surface area contributed by atoms with Crippen molar-refractivity contribution < 1.29 is 0 Å². The minimum atomic E-state index is 0.741. The standard InChI is InChI=1S/C11H22N4/c1-10(5-6-12)4-3-7-13-11-8-14-15(2)9-11/h8-10,13H,3-7,12H2,1-2H3. The lowest BCUT2D eigenvalue weighted by atomic mass is 10.0. The van der Waals surface area contributed by atoms with Crippen LogP contribution in [0.1, 0.15) is 26.2 Å². The first-order valence-corrected chi connectivity index (χ1v) is 5.65. The fourth-order valence-electron chi connectivity index (χ4n) is 1.62. The first-order chi connectivity index (χ1) is 7.22. The molecule has 4 nitrogen and oxygen atoms in total. The highest BCUT2D eigenvalue weighted by Crippen LogP contribution is 2.10. The summed E-state index contributed by atoms with van der Waals surface area (Å²) in [5.41, 5.74) is 6.60. The molecule has 4 heteroatoms. The van der Waals surface area contributed by atoms with E-state index in [1.807, 2.05) is 19.4 Å². The number of aromatic nitrogens is 2. The van der Waals surface area contributed by atoms with E-state index in [2.05, 4.69) is 17.3 Å². The Bertz CT molecular complexity index is 269. The van der Waals surface area contributed by atoms with Crippen LogP contribution in [-0.2, 0) is 7.05 Å². The number of nitrogens with zero attached hydrogens (tertiary/aromatic N) is 2. The molecule has 3 N–H and O–H groups in total. The number of aryl methyl sites for hydroxylation is 1. The highest BCUT2D eigenvalue weighted by Gasteiger charge is 2.00. The van der Waals surface area contributed by atoms with Crippen molar-refractivity contribution in [2.45, 2.75) is 26.2 Å². The molecule has 1 rings (SSSR count). The van der Waals surface area contributed by atoms with E-state index < -0.39 is 0 Å². The largest absolute Gasteiger partial charge is 0.383 e. The molecule has 0 bridgehead atoms. The molecule has 0 aliphatic rings. The molecule has 0 spiro atoms. The van der Waals surface area contributed by atoms with Crippen molar-refractivity contribution in [3.63, 3.8) is 0 Å². The molecule has 0 fully saturated rings. The molecule has 0 aliphatic carbocycles. The topological polar surface area (TPSA) is 55.9 Å². The van der Waals surface area contributed by atoms with Crippen LogP contribution in [0.5, 0.6) is 0 Å². The third-order valence-electron chi connectivity index (χ3n) is 2.57. The van der Waals surface area contributed by atoms with Crippen molar-refractivity contribution in [3.05, 3.63) is 12.4 Å². The molecule has 1 aromatic rings. The number of hydrogen-bond acceptors (Lipinski definition) is 3. The second kappa shape index (κ2) is 6.45. The van der Waals surface area contributed by atoms with Gasteiger partial charge in [-0.1, -0.05) is 6.92 Å². The van der Waals surface area contributed by atoms with Gasteiger partial charge in [0.15, 0.2) is 0 Å². The zero-order valence-corrected chi connectivity index (χ0v) is 9.74. The summed E-state index contributed by atoms with van der Waals surface area (Å²) < 4.78 is 1.80. The molecule has 1 unspecified atom stereocenters. The van der Waals surface area contributed by atoms with Gasteiger partial charge in [-0.2, -0.15) is 5.10 Å². The van der Waals surface area contributed by atoms with Gasteiger partial charge in [0.2, 0.25) is 0 Å². The second-order valence-corrected chi connectivity index (χ2v) is 4.15. The smallest absolute Gasteiger partial charge is 0.0726 e. The van der Waals surface area contributed by atoms with E-state index in [0.717, 1.165) is 31.1 Å². The molecule has 1 atom stereocenters. The summed E-state index contributed by atoms with van der Waals surface area (Å²) in [5.74, 6) is 0.741. The van der Waals surface area contributed by atoms with E-state index in [9.17, 15) is 0 Å². The number of nitrogens with one attached hydrogen (secondary N) is 1. The monoisotopic (exact) mass is 210 g/mol.